The highest BCUT2D eigenvalue weighted by atomic mass is 16.5. The van der Waals surface area contributed by atoms with E-state index >= 15 is 0 Å². The van der Waals surface area contributed by atoms with Gasteiger partial charge in [0, 0.05) is 13.2 Å². The maximum absolute atomic E-state index is 5.68. The molecule has 1 saturated heterocycles. The number of nitrogens with one attached hydrogen (secondary N) is 1. The Kier molecular flexibility index (Phi) is 3.62. The molecule has 1 aliphatic heterocycles. The lowest BCUT2D eigenvalue weighted by atomic mass is 9.83. The first-order valence-corrected chi connectivity index (χ1v) is 5.73. The van der Waals surface area contributed by atoms with Crippen LogP contribution in [0.4, 0.5) is 0 Å². The lowest BCUT2D eigenvalue weighted by molar-refractivity contribution is 0.0836. The summed E-state index contributed by atoms with van der Waals surface area (Å²) in [5.41, 5.74) is 0. The largest absolute Gasteiger partial charge is 0.381 e. The number of hydrogen-bond donors (Lipinski definition) is 1. The number of rotatable bonds is 5. The molecule has 0 radical (unpaired) electrons. The number of ether oxygens (including phenoxy) is 1. The SMILES string of the molecule is C1CC(CCOCC2CCNC2)C1. The summed E-state index contributed by atoms with van der Waals surface area (Å²) in [5.74, 6) is 1.79. The predicted molar refractivity (Wildman–Crippen MR) is 53.8 cm³/mol. The third-order valence-corrected chi connectivity index (χ3v) is 3.41. The Balaban J connectivity index is 1.43. The van der Waals surface area contributed by atoms with Crippen molar-refractivity contribution < 1.29 is 4.74 Å². The third kappa shape index (κ3) is 2.96. The summed E-state index contributed by atoms with van der Waals surface area (Å²) in [4.78, 5) is 0. The molecule has 1 saturated carbocycles. The second kappa shape index (κ2) is 4.97. The summed E-state index contributed by atoms with van der Waals surface area (Å²) in [6.45, 7) is 4.35. The minimum absolute atomic E-state index is 0.793. The molecule has 1 heterocycles. The molecule has 2 aliphatic rings. The van der Waals surface area contributed by atoms with E-state index in [1.807, 2.05) is 0 Å². The molecule has 2 fully saturated rings. The molecule has 2 nitrogen and oxygen atoms in total. The van der Waals surface area contributed by atoms with Gasteiger partial charge in [0.25, 0.3) is 0 Å². The second-order valence-electron chi connectivity index (χ2n) is 4.52. The van der Waals surface area contributed by atoms with Gasteiger partial charge in [-0.2, -0.15) is 0 Å². The van der Waals surface area contributed by atoms with Crippen LogP contribution in [0.5, 0.6) is 0 Å². The van der Waals surface area contributed by atoms with Crippen LogP contribution in [0.25, 0.3) is 0 Å². The molecule has 1 aliphatic carbocycles. The monoisotopic (exact) mass is 183 g/mol. The molecule has 0 bridgehead atoms. The predicted octanol–water partition coefficient (Wildman–Crippen LogP) is 1.80. The van der Waals surface area contributed by atoms with E-state index in [0.29, 0.717) is 0 Å². The minimum Gasteiger partial charge on any atom is -0.381 e. The zero-order valence-electron chi connectivity index (χ0n) is 8.43. The van der Waals surface area contributed by atoms with Gasteiger partial charge in [-0.05, 0) is 31.2 Å². The normalized spacial score (nSPS) is 29.1. The fourth-order valence-electron chi connectivity index (χ4n) is 2.14. The highest BCUT2D eigenvalue weighted by molar-refractivity contribution is 4.71. The van der Waals surface area contributed by atoms with Crippen LogP contribution in [0.2, 0.25) is 0 Å². The van der Waals surface area contributed by atoms with Crippen LogP contribution in [0.1, 0.15) is 32.1 Å². The van der Waals surface area contributed by atoms with Gasteiger partial charge in [0.1, 0.15) is 0 Å². The van der Waals surface area contributed by atoms with Crippen molar-refractivity contribution in [1.82, 2.24) is 5.32 Å². The molecule has 0 aromatic rings. The Morgan fingerprint density at radius 1 is 1.15 bits per heavy atom. The topological polar surface area (TPSA) is 21.3 Å². The van der Waals surface area contributed by atoms with Gasteiger partial charge < -0.3 is 10.1 Å². The zero-order valence-corrected chi connectivity index (χ0v) is 8.43. The minimum atomic E-state index is 0.793. The summed E-state index contributed by atoms with van der Waals surface area (Å²) < 4.78 is 5.68. The van der Waals surface area contributed by atoms with E-state index < -0.39 is 0 Å². The van der Waals surface area contributed by atoms with Crippen LogP contribution in [0.15, 0.2) is 0 Å². The maximum atomic E-state index is 5.68. The molecule has 2 heteroatoms. The molecule has 0 amide bonds. The summed E-state index contributed by atoms with van der Waals surface area (Å²) >= 11 is 0. The van der Waals surface area contributed by atoms with Gasteiger partial charge in [0.2, 0.25) is 0 Å². The van der Waals surface area contributed by atoms with Crippen molar-refractivity contribution in [3.8, 4) is 0 Å². The highest BCUT2D eigenvalue weighted by Gasteiger charge is 2.18. The molecule has 76 valence electrons. The standard InChI is InChI=1S/C11H21NO/c1-2-10(3-1)5-7-13-9-11-4-6-12-8-11/h10-12H,1-9H2. The summed E-state index contributed by atoms with van der Waals surface area (Å²) in [6.07, 6.45) is 6.98. The molecule has 0 spiro atoms. The number of hydrogen-bond acceptors (Lipinski definition) is 2. The first-order chi connectivity index (χ1) is 6.45. The van der Waals surface area contributed by atoms with Gasteiger partial charge in [-0.3, -0.25) is 0 Å². The summed E-state index contributed by atoms with van der Waals surface area (Å²) in [7, 11) is 0. The molecule has 1 atom stereocenters. The van der Waals surface area contributed by atoms with E-state index in [0.717, 1.165) is 25.0 Å². The Morgan fingerprint density at radius 3 is 2.69 bits per heavy atom. The Hall–Kier alpha value is -0.0800. The van der Waals surface area contributed by atoms with Crippen molar-refractivity contribution in [1.29, 1.82) is 0 Å². The van der Waals surface area contributed by atoms with Crippen LogP contribution in [0.3, 0.4) is 0 Å². The molecule has 0 aromatic carbocycles. The van der Waals surface area contributed by atoms with Crippen LogP contribution in [-0.4, -0.2) is 26.3 Å². The van der Waals surface area contributed by atoms with E-state index in [1.165, 1.54) is 45.2 Å². The Labute approximate surface area is 81.0 Å². The molecule has 13 heavy (non-hydrogen) atoms. The van der Waals surface area contributed by atoms with E-state index in [2.05, 4.69) is 5.32 Å². The Bertz CT molecular complexity index is 139. The van der Waals surface area contributed by atoms with Crippen molar-refractivity contribution in [2.75, 3.05) is 26.3 Å². The zero-order chi connectivity index (χ0) is 8.93. The lowest BCUT2D eigenvalue weighted by Crippen LogP contribution is -2.17. The smallest absolute Gasteiger partial charge is 0.0506 e. The molecule has 0 aromatic heterocycles. The van der Waals surface area contributed by atoms with Crippen molar-refractivity contribution in [2.45, 2.75) is 32.1 Å². The van der Waals surface area contributed by atoms with Gasteiger partial charge in [0.15, 0.2) is 0 Å². The quantitative estimate of drug-likeness (QED) is 0.656. The average Bonchev–Trinajstić information content (AvgIpc) is 2.53. The maximum Gasteiger partial charge on any atom is 0.0506 e. The lowest BCUT2D eigenvalue weighted by Gasteiger charge is -2.25. The van der Waals surface area contributed by atoms with E-state index in [1.54, 1.807) is 0 Å². The molecule has 1 N–H and O–H groups in total. The van der Waals surface area contributed by atoms with Crippen LogP contribution in [0, 0.1) is 11.8 Å². The first-order valence-electron chi connectivity index (χ1n) is 5.73. The summed E-state index contributed by atoms with van der Waals surface area (Å²) in [5, 5.41) is 3.36. The van der Waals surface area contributed by atoms with Crippen molar-refractivity contribution >= 4 is 0 Å². The summed E-state index contributed by atoms with van der Waals surface area (Å²) in [6, 6.07) is 0. The van der Waals surface area contributed by atoms with E-state index in [9.17, 15) is 0 Å². The average molecular weight is 183 g/mol. The molecular weight excluding hydrogens is 162 g/mol. The van der Waals surface area contributed by atoms with Crippen LogP contribution < -0.4 is 5.32 Å². The first kappa shape index (κ1) is 9.47. The molecule has 2 rings (SSSR count). The van der Waals surface area contributed by atoms with Gasteiger partial charge in [-0.1, -0.05) is 19.3 Å². The Morgan fingerprint density at radius 2 is 2.08 bits per heavy atom. The van der Waals surface area contributed by atoms with Crippen LogP contribution >= 0.6 is 0 Å². The fourth-order valence-corrected chi connectivity index (χ4v) is 2.14. The third-order valence-electron chi connectivity index (χ3n) is 3.41. The second-order valence-corrected chi connectivity index (χ2v) is 4.52. The van der Waals surface area contributed by atoms with E-state index in [-0.39, 0.29) is 0 Å². The molecular formula is C11H21NO. The fraction of sp³-hybridized carbons (Fsp3) is 1.00. The van der Waals surface area contributed by atoms with Crippen LogP contribution in [-0.2, 0) is 4.74 Å². The molecule has 1 unspecified atom stereocenters. The van der Waals surface area contributed by atoms with E-state index in [4.69, 9.17) is 4.74 Å². The van der Waals surface area contributed by atoms with Gasteiger partial charge in [-0.25, -0.2) is 0 Å². The van der Waals surface area contributed by atoms with Gasteiger partial charge in [0.05, 0.1) is 6.61 Å². The van der Waals surface area contributed by atoms with Gasteiger partial charge in [-0.15, -0.1) is 0 Å². The van der Waals surface area contributed by atoms with Crippen molar-refractivity contribution in [3.63, 3.8) is 0 Å². The van der Waals surface area contributed by atoms with Crippen molar-refractivity contribution in [3.05, 3.63) is 0 Å². The highest BCUT2D eigenvalue weighted by Crippen LogP contribution is 2.29. The van der Waals surface area contributed by atoms with Crippen molar-refractivity contribution in [2.24, 2.45) is 11.8 Å². The van der Waals surface area contributed by atoms with Gasteiger partial charge >= 0.3 is 0 Å².